The molecule has 2 heterocycles. The highest BCUT2D eigenvalue weighted by Gasteiger charge is 2.46. The first-order valence-corrected chi connectivity index (χ1v) is 10.1. The van der Waals surface area contributed by atoms with E-state index in [9.17, 15) is 22.8 Å². The van der Waals surface area contributed by atoms with Crippen LogP contribution in [0.3, 0.4) is 0 Å². The van der Waals surface area contributed by atoms with Gasteiger partial charge in [-0.1, -0.05) is 27.5 Å². The predicted octanol–water partition coefficient (Wildman–Crippen LogP) is 4.30. The first-order valence-electron chi connectivity index (χ1n) is 8.90. The Hall–Kier alpha value is -2.66. The minimum atomic E-state index is -4.73. The van der Waals surface area contributed by atoms with Gasteiger partial charge < -0.3 is 10.6 Å². The number of hydrogen-bond donors (Lipinski definition) is 2. The number of aromatic nitrogens is 1. The zero-order valence-corrected chi connectivity index (χ0v) is 18.6. The Kier molecular flexibility index (Phi) is 6.56. The summed E-state index contributed by atoms with van der Waals surface area (Å²) < 4.78 is 40.6. The van der Waals surface area contributed by atoms with E-state index < -0.39 is 36.2 Å². The van der Waals surface area contributed by atoms with Gasteiger partial charge in [0.25, 0.3) is 5.91 Å². The summed E-state index contributed by atoms with van der Waals surface area (Å²) in [6.07, 6.45) is -4.09. The van der Waals surface area contributed by atoms with Crippen molar-refractivity contribution < 1.29 is 22.8 Å². The van der Waals surface area contributed by atoms with Crippen LogP contribution in [0.1, 0.15) is 22.3 Å². The van der Waals surface area contributed by atoms with Crippen molar-refractivity contribution in [1.29, 1.82) is 0 Å². The third-order valence-electron chi connectivity index (χ3n) is 4.52. The highest BCUT2D eigenvalue weighted by atomic mass is 79.9. The van der Waals surface area contributed by atoms with Crippen molar-refractivity contribution in [2.24, 2.45) is 5.10 Å². The van der Waals surface area contributed by atoms with Gasteiger partial charge in [0.1, 0.15) is 11.8 Å². The summed E-state index contributed by atoms with van der Waals surface area (Å²) in [6.45, 7) is 1.66. The Balaban J connectivity index is 1.99. The molecule has 31 heavy (non-hydrogen) atoms. The molecular formula is C19H16BrClF3N5O2. The lowest BCUT2D eigenvalue weighted by Gasteiger charge is -2.23. The van der Waals surface area contributed by atoms with Crippen molar-refractivity contribution in [2.75, 3.05) is 17.4 Å². The molecule has 1 aromatic heterocycles. The fourth-order valence-electron chi connectivity index (χ4n) is 3.06. The number of pyridine rings is 1. The first-order chi connectivity index (χ1) is 14.5. The van der Waals surface area contributed by atoms with Gasteiger partial charge in [0.2, 0.25) is 5.91 Å². The number of nitrogens with zero attached hydrogens (tertiary/aromatic N) is 3. The number of alkyl halides is 3. The van der Waals surface area contributed by atoms with E-state index in [0.29, 0.717) is 10.0 Å². The van der Waals surface area contributed by atoms with E-state index in [1.165, 1.54) is 31.4 Å². The molecule has 0 spiro atoms. The van der Waals surface area contributed by atoms with Crippen molar-refractivity contribution in [3.63, 3.8) is 0 Å². The third-order valence-corrected chi connectivity index (χ3v) is 5.27. The van der Waals surface area contributed by atoms with Crippen LogP contribution in [0.4, 0.5) is 24.7 Å². The van der Waals surface area contributed by atoms with Crippen molar-refractivity contribution in [3.05, 3.63) is 51.1 Å². The highest BCUT2D eigenvalue weighted by molar-refractivity contribution is 9.10. The molecule has 2 N–H and O–H groups in total. The Morgan fingerprint density at radius 3 is 2.65 bits per heavy atom. The van der Waals surface area contributed by atoms with E-state index in [2.05, 4.69) is 36.6 Å². The van der Waals surface area contributed by atoms with E-state index in [0.717, 1.165) is 5.01 Å². The van der Waals surface area contributed by atoms with Gasteiger partial charge >= 0.3 is 6.18 Å². The Labute approximate surface area is 188 Å². The Bertz CT molecular complexity index is 1080. The van der Waals surface area contributed by atoms with Gasteiger partial charge in [-0.15, -0.1) is 0 Å². The maximum absolute atomic E-state index is 13.3. The lowest BCUT2D eigenvalue weighted by atomic mass is 10.1. The molecule has 0 fully saturated rings. The zero-order chi connectivity index (χ0) is 22.9. The number of hydrazone groups is 1. The second kappa shape index (κ2) is 8.83. The van der Waals surface area contributed by atoms with Crippen molar-refractivity contribution in [1.82, 2.24) is 10.3 Å². The second-order valence-electron chi connectivity index (χ2n) is 6.63. The smallest absolute Gasteiger partial charge is 0.355 e. The monoisotopic (exact) mass is 517 g/mol. The topological polar surface area (TPSA) is 86.7 Å². The molecule has 2 amide bonds. The van der Waals surface area contributed by atoms with E-state index >= 15 is 0 Å². The maximum atomic E-state index is 13.3. The van der Waals surface area contributed by atoms with Crippen molar-refractivity contribution >= 4 is 56.6 Å². The first kappa shape index (κ1) is 23.0. The van der Waals surface area contributed by atoms with Gasteiger partial charge in [0, 0.05) is 24.1 Å². The molecule has 3 rings (SSSR count). The summed E-state index contributed by atoms with van der Waals surface area (Å²) >= 11 is 9.37. The molecule has 1 atom stereocenters. The summed E-state index contributed by atoms with van der Waals surface area (Å²) in [7, 11) is 1.43. The van der Waals surface area contributed by atoms with Crippen molar-refractivity contribution in [2.45, 2.75) is 25.6 Å². The van der Waals surface area contributed by atoms with Crippen LogP contribution in [0.2, 0.25) is 5.02 Å². The van der Waals surface area contributed by atoms with Gasteiger partial charge in [-0.3, -0.25) is 9.59 Å². The van der Waals surface area contributed by atoms with Gasteiger partial charge in [0.05, 0.1) is 16.3 Å². The second-order valence-corrected chi connectivity index (χ2v) is 7.95. The fraction of sp³-hybridized carbons (Fsp3) is 0.263. The average Bonchev–Trinajstić information content (AvgIpc) is 3.15. The summed E-state index contributed by atoms with van der Waals surface area (Å²) in [5.74, 6) is -1.34. The SMILES string of the molecule is CNC(=O)c1cc(Br)cc(C)c1NC(=O)C1CC(C(F)(F)F)=NN1c1ncccc1Cl. The van der Waals surface area contributed by atoms with Crippen LogP contribution in [0.25, 0.3) is 0 Å². The van der Waals surface area contributed by atoms with Gasteiger partial charge in [-0.05, 0) is 36.8 Å². The third kappa shape index (κ3) is 4.82. The molecule has 0 saturated heterocycles. The van der Waals surface area contributed by atoms with E-state index in [-0.39, 0.29) is 22.1 Å². The summed E-state index contributed by atoms with van der Waals surface area (Å²) in [5, 5.41) is 9.52. The van der Waals surface area contributed by atoms with Crippen LogP contribution in [-0.4, -0.2) is 41.8 Å². The number of carbonyl (C=O) groups is 2. The summed E-state index contributed by atoms with van der Waals surface area (Å²) in [4.78, 5) is 29.3. The standard InChI is InChI=1S/C19H16BrClF3N5O2/c1-9-6-10(20)7-11(17(30)25-2)15(9)27-18(31)13-8-14(19(22,23)24)28-29(13)16-12(21)4-3-5-26-16/h3-7,13H,8H2,1-2H3,(H,25,30)(H,27,31). The molecule has 12 heteroatoms. The van der Waals surface area contributed by atoms with Crippen LogP contribution < -0.4 is 15.6 Å². The predicted molar refractivity (Wildman–Crippen MR) is 115 cm³/mol. The van der Waals surface area contributed by atoms with E-state index in [1.807, 2.05) is 0 Å². The van der Waals surface area contributed by atoms with Crippen LogP contribution in [0.5, 0.6) is 0 Å². The van der Waals surface area contributed by atoms with Gasteiger partial charge in [-0.2, -0.15) is 18.3 Å². The lowest BCUT2D eigenvalue weighted by molar-refractivity contribution is -0.117. The summed E-state index contributed by atoms with van der Waals surface area (Å²) in [6, 6.07) is 4.74. The largest absolute Gasteiger partial charge is 0.431 e. The van der Waals surface area contributed by atoms with E-state index in [4.69, 9.17) is 11.6 Å². The quantitative estimate of drug-likeness (QED) is 0.632. The van der Waals surface area contributed by atoms with Crippen LogP contribution in [0.15, 0.2) is 40.0 Å². The summed E-state index contributed by atoms with van der Waals surface area (Å²) in [5.41, 5.74) is -0.257. The Morgan fingerprint density at radius 1 is 1.32 bits per heavy atom. The van der Waals surface area contributed by atoms with Gasteiger partial charge in [-0.25, -0.2) is 9.99 Å². The normalized spacial score (nSPS) is 16.2. The molecule has 1 unspecified atom stereocenters. The van der Waals surface area contributed by atoms with Crippen molar-refractivity contribution in [3.8, 4) is 0 Å². The molecule has 7 nitrogen and oxygen atoms in total. The number of amides is 2. The highest BCUT2D eigenvalue weighted by Crippen LogP contribution is 2.34. The average molecular weight is 519 g/mol. The molecule has 0 aliphatic carbocycles. The lowest BCUT2D eigenvalue weighted by Crippen LogP contribution is -2.40. The minimum Gasteiger partial charge on any atom is -0.355 e. The van der Waals surface area contributed by atoms with Crippen LogP contribution in [-0.2, 0) is 4.79 Å². The molecule has 1 aliphatic rings. The molecular weight excluding hydrogens is 503 g/mol. The maximum Gasteiger partial charge on any atom is 0.431 e. The van der Waals surface area contributed by atoms with Crippen LogP contribution >= 0.6 is 27.5 Å². The number of nitrogens with one attached hydrogen (secondary N) is 2. The molecule has 1 aliphatic heterocycles. The number of hydrogen-bond acceptors (Lipinski definition) is 5. The zero-order valence-electron chi connectivity index (χ0n) is 16.2. The number of rotatable bonds is 4. The number of carbonyl (C=O) groups excluding carboxylic acids is 2. The number of halogens is 5. The fourth-order valence-corrected chi connectivity index (χ4v) is 3.84. The van der Waals surface area contributed by atoms with E-state index in [1.54, 1.807) is 13.0 Å². The molecule has 0 radical (unpaired) electrons. The molecule has 1 aromatic carbocycles. The Morgan fingerprint density at radius 2 is 2.03 bits per heavy atom. The van der Waals surface area contributed by atoms with Crippen LogP contribution in [0, 0.1) is 6.92 Å². The molecule has 0 bridgehead atoms. The number of anilines is 2. The number of benzene rings is 1. The molecule has 0 saturated carbocycles. The minimum absolute atomic E-state index is 0.0401. The molecule has 2 aromatic rings. The number of aryl methyl sites for hydroxylation is 1. The molecule has 164 valence electrons. The van der Waals surface area contributed by atoms with Gasteiger partial charge in [0.15, 0.2) is 5.82 Å².